The highest BCUT2D eigenvalue weighted by atomic mass is 19.1. The fourth-order valence-corrected chi connectivity index (χ4v) is 3.66. The third kappa shape index (κ3) is 8.44. The molecule has 206 valence electrons. The second kappa shape index (κ2) is 13.8. The van der Waals surface area contributed by atoms with Crippen LogP contribution in [0.4, 0.5) is 26.2 Å². The molecule has 0 saturated carbocycles. The summed E-state index contributed by atoms with van der Waals surface area (Å²) < 4.78 is 24.9. The van der Waals surface area contributed by atoms with Crippen molar-refractivity contribution in [2.75, 3.05) is 56.4 Å². The Morgan fingerprint density at radius 3 is 2.38 bits per heavy atom. The first kappa shape index (κ1) is 28.9. The van der Waals surface area contributed by atoms with Crippen molar-refractivity contribution in [1.29, 1.82) is 0 Å². The molecule has 4 N–H and O–H groups in total. The first-order chi connectivity index (χ1) is 18.7. The van der Waals surface area contributed by atoms with Gasteiger partial charge in [0.15, 0.2) is 5.78 Å². The molecule has 0 spiro atoms. The summed E-state index contributed by atoms with van der Waals surface area (Å²) in [4.78, 5) is 37.7. The maximum absolute atomic E-state index is 13.8. The smallest absolute Gasteiger partial charge is 0.335 e. The molecule has 0 bridgehead atoms. The molecular weight excluding hydrogens is 507 g/mol. The van der Waals surface area contributed by atoms with Crippen molar-refractivity contribution in [3.63, 3.8) is 0 Å². The number of carbonyl (C=O) groups is 3. The van der Waals surface area contributed by atoms with Gasteiger partial charge in [-0.1, -0.05) is 18.2 Å². The highest BCUT2D eigenvalue weighted by Crippen LogP contribution is 2.28. The zero-order chi connectivity index (χ0) is 28.4. The van der Waals surface area contributed by atoms with Crippen molar-refractivity contribution >= 4 is 34.8 Å². The molecule has 39 heavy (non-hydrogen) atoms. The molecule has 0 unspecified atom stereocenters. The van der Waals surface area contributed by atoms with E-state index in [-0.39, 0.29) is 36.6 Å². The van der Waals surface area contributed by atoms with Gasteiger partial charge in [-0.25, -0.2) is 14.0 Å². The fraction of sp³-hybridized carbons (Fsp3) is 0.250. The summed E-state index contributed by atoms with van der Waals surface area (Å²) in [6.07, 6.45) is 0.146. The topological polar surface area (TPSA) is 129 Å². The number of rotatable bonds is 13. The Morgan fingerprint density at radius 1 is 0.949 bits per heavy atom. The highest BCUT2D eigenvalue weighted by Gasteiger charge is 2.13. The van der Waals surface area contributed by atoms with Gasteiger partial charge >= 0.3 is 12.0 Å². The number of amides is 2. The minimum Gasteiger partial charge on any atom is -0.495 e. The summed E-state index contributed by atoms with van der Waals surface area (Å²) in [6, 6.07) is 14.8. The second-order valence-electron chi connectivity index (χ2n) is 8.72. The Balaban J connectivity index is 1.46. The number of carbonyl (C=O) groups excluding carboxylic acids is 2. The average molecular weight is 539 g/mol. The Kier molecular flexibility index (Phi) is 10.2. The largest absolute Gasteiger partial charge is 0.495 e. The first-order valence-electron chi connectivity index (χ1n) is 12.1. The van der Waals surface area contributed by atoms with Gasteiger partial charge < -0.3 is 35.4 Å². The van der Waals surface area contributed by atoms with Gasteiger partial charge in [-0.15, -0.1) is 0 Å². The number of nitrogens with one attached hydrogen (secondary N) is 3. The summed E-state index contributed by atoms with van der Waals surface area (Å²) in [6.45, 7) is 0.807. The van der Waals surface area contributed by atoms with Crippen LogP contribution in [0.25, 0.3) is 0 Å². The van der Waals surface area contributed by atoms with Crippen molar-refractivity contribution in [3.8, 4) is 11.5 Å². The van der Waals surface area contributed by atoms with Crippen LogP contribution in [0.3, 0.4) is 0 Å². The number of nitrogens with zero attached hydrogens (tertiary/aromatic N) is 1. The normalized spacial score (nSPS) is 10.5. The number of benzene rings is 3. The first-order valence-corrected chi connectivity index (χ1v) is 12.1. The SMILES string of the molecule is COc1cc(CC(=O)CNCCOc2ccc(C(=O)O)cc2N(C)C)ccc1NC(=O)Nc1ccccc1F. The molecule has 0 radical (unpaired) electrons. The molecule has 0 saturated heterocycles. The maximum atomic E-state index is 13.8. The minimum absolute atomic E-state index is 0.0447. The summed E-state index contributed by atoms with van der Waals surface area (Å²) in [7, 11) is 5.03. The molecule has 0 aliphatic rings. The lowest BCUT2D eigenvalue weighted by molar-refractivity contribution is -0.117. The van der Waals surface area contributed by atoms with Gasteiger partial charge in [0.25, 0.3) is 0 Å². The van der Waals surface area contributed by atoms with Crippen LogP contribution < -0.4 is 30.3 Å². The van der Waals surface area contributed by atoms with Crippen molar-refractivity contribution < 1.29 is 33.4 Å². The van der Waals surface area contributed by atoms with Crippen LogP contribution in [-0.4, -0.2) is 63.8 Å². The predicted octanol–water partition coefficient (Wildman–Crippen LogP) is 4.02. The third-order valence-electron chi connectivity index (χ3n) is 5.58. The second-order valence-corrected chi connectivity index (χ2v) is 8.72. The molecule has 3 rings (SSSR count). The number of anilines is 3. The highest BCUT2D eigenvalue weighted by molar-refractivity contribution is 6.00. The number of ketones is 1. The predicted molar refractivity (Wildman–Crippen MR) is 147 cm³/mol. The summed E-state index contributed by atoms with van der Waals surface area (Å²) in [5, 5.41) is 17.3. The molecule has 0 aliphatic carbocycles. The van der Waals surface area contributed by atoms with Crippen LogP contribution in [0.2, 0.25) is 0 Å². The van der Waals surface area contributed by atoms with Gasteiger partial charge in [0, 0.05) is 27.1 Å². The third-order valence-corrected chi connectivity index (χ3v) is 5.58. The molecule has 3 aromatic rings. The molecule has 2 amide bonds. The van der Waals surface area contributed by atoms with E-state index in [9.17, 15) is 23.9 Å². The molecule has 11 heteroatoms. The number of aromatic carboxylic acids is 1. The van der Waals surface area contributed by atoms with E-state index in [1.807, 2.05) is 0 Å². The number of ether oxygens (including phenoxy) is 2. The molecule has 3 aromatic carbocycles. The lowest BCUT2D eigenvalue weighted by Gasteiger charge is -2.18. The number of hydrogen-bond donors (Lipinski definition) is 4. The van der Waals surface area contributed by atoms with E-state index in [2.05, 4.69) is 16.0 Å². The number of carboxylic acid groups (broad SMARTS) is 1. The van der Waals surface area contributed by atoms with E-state index in [1.54, 1.807) is 55.4 Å². The van der Waals surface area contributed by atoms with Crippen molar-refractivity contribution in [3.05, 3.63) is 77.6 Å². The molecule has 0 fully saturated rings. The van der Waals surface area contributed by atoms with Crippen LogP contribution >= 0.6 is 0 Å². The summed E-state index contributed by atoms with van der Waals surface area (Å²) in [5.74, 6) is -0.729. The lowest BCUT2D eigenvalue weighted by atomic mass is 10.1. The Hall–Kier alpha value is -4.64. The van der Waals surface area contributed by atoms with E-state index in [1.165, 1.54) is 31.4 Å². The van der Waals surface area contributed by atoms with E-state index < -0.39 is 17.8 Å². The molecule has 10 nitrogen and oxygen atoms in total. The van der Waals surface area contributed by atoms with Gasteiger partial charge in [-0.3, -0.25) is 4.79 Å². The average Bonchev–Trinajstić information content (AvgIpc) is 2.90. The van der Waals surface area contributed by atoms with E-state index in [0.717, 1.165) is 0 Å². The minimum atomic E-state index is -1.02. The maximum Gasteiger partial charge on any atom is 0.335 e. The molecule has 0 atom stereocenters. The standard InChI is InChI=1S/C28H31FN4O6/c1-33(2)24-16-19(27(35)36)9-11-25(24)39-13-12-30-17-20(34)14-18-8-10-23(26(15-18)38-3)32-28(37)31-22-7-5-4-6-21(22)29/h4-11,15-16,30H,12-14,17H2,1-3H3,(H,35,36)(H2,31,32,37). The van der Waals surface area contributed by atoms with E-state index in [4.69, 9.17) is 9.47 Å². The number of methoxy groups -OCH3 is 1. The quantitative estimate of drug-likeness (QED) is 0.240. The van der Waals surface area contributed by atoms with Crippen molar-refractivity contribution in [1.82, 2.24) is 5.32 Å². The number of Topliss-reactive ketones (excluding diaryl/α,β-unsaturated/α-hetero) is 1. The lowest BCUT2D eigenvalue weighted by Crippen LogP contribution is -2.28. The van der Waals surface area contributed by atoms with Crippen molar-refractivity contribution in [2.24, 2.45) is 0 Å². The number of hydrogen-bond acceptors (Lipinski definition) is 7. The number of para-hydroxylation sites is 1. The van der Waals surface area contributed by atoms with Gasteiger partial charge in [-0.05, 0) is 48.0 Å². The van der Waals surface area contributed by atoms with E-state index in [0.29, 0.717) is 35.0 Å². The molecule has 0 heterocycles. The van der Waals surface area contributed by atoms with Crippen LogP contribution in [0.1, 0.15) is 15.9 Å². The van der Waals surface area contributed by atoms with Crippen LogP contribution in [-0.2, 0) is 11.2 Å². The number of urea groups is 1. The van der Waals surface area contributed by atoms with Crippen LogP contribution in [0.15, 0.2) is 60.7 Å². The molecular formula is C28H31FN4O6. The van der Waals surface area contributed by atoms with Crippen LogP contribution in [0.5, 0.6) is 11.5 Å². The summed E-state index contributed by atoms with van der Waals surface area (Å²) in [5.41, 5.74) is 1.92. The van der Waals surface area contributed by atoms with Gasteiger partial charge in [0.2, 0.25) is 0 Å². The van der Waals surface area contributed by atoms with Crippen LogP contribution in [0, 0.1) is 5.82 Å². The molecule has 0 aliphatic heterocycles. The summed E-state index contributed by atoms with van der Waals surface area (Å²) >= 11 is 0. The van der Waals surface area contributed by atoms with Gasteiger partial charge in [0.1, 0.15) is 23.9 Å². The number of halogens is 1. The van der Waals surface area contributed by atoms with Gasteiger partial charge in [-0.2, -0.15) is 0 Å². The van der Waals surface area contributed by atoms with Gasteiger partial charge in [0.05, 0.1) is 36.3 Å². The fourth-order valence-electron chi connectivity index (χ4n) is 3.66. The zero-order valence-electron chi connectivity index (χ0n) is 21.9. The zero-order valence-corrected chi connectivity index (χ0v) is 21.9. The molecule has 0 aromatic heterocycles. The van der Waals surface area contributed by atoms with Crippen molar-refractivity contribution in [2.45, 2.75) is 6.42 Å². The van der Waals surface area contributed by atoms with E-state index >= 15 is 0 Å². The number of carboxylic acids is 1. The monoisotopic (exact) mass is 538 g/mol. The Morgan fingerprint density at radius 2 is 1.69 bits per heavy atom. The Bertz CT molecular complexity index is 1330. The Labute approximate surface area is 225 Å².